The summed E-state index contributed by atoms with van der Waals surface area (Å²) in [6.07, 6.45) is 2.87. The molecule has 2 aromatic carbocycles. The highest BCUT2D eigenvalue weighted by Crippen LogP contribution is 2.25. The molecule has 3 rings (SSSR count). The maximum absolute atomic E-state index is 4.26. The minimum absolute atomic E-state index is 0.152. The Morgan fingerprint density at radius 1 is 0.913 bits per heavy atom. The molecule has 0 atom stereocenters. The van der Waals surface area contributed by atoms with Gasteiger partial charge in [-0.25, -0.2) is 4.68 Å². The van der Waals surface area contributed by atoms with Crippen molar-refractivity contribution in [1.82, 2.24) is 15.0 Å². The zero-order valence-corrected chi connectivity index (χ0v) is 14.2. The third-order valence-electron chi connectivity index (χ3n) is 4.19. The van der Waals surface area contributed by atoms with Gasteiger partial charge in [-0.2, -0.15) is 0 Å². The molecule has 3 nitrogen and oxygen atoms in total. The van der Waals surface area contributed by atoms with Crippen molar-refractivity contribution in [2.75, 3.05) is 0 Å². The molecule has 0 saturated carbocycles. The van der Waals surface area contributed by atoms with Crippen LogP contribution in [0.5, 0.6) is 0 Å². The van der Waals surface area contributed by atoms with Crippen LogP contribution in [0, 0.1) is 0 Å². The Morgan fingerprint density at radius 3 is 2.13 bits per heavy atom. The van der Waals surface area contributed by atoms with Gasteiger partial charge in [-0.1, -0.05) is 69.3 Å². The van der Waals surface area contributed by atoms with Gasteiger partial charge in [0.2, 0.25) is 0 Å². The maximum atomic E-state index is 4.26. The Bertz CT molecular complexity index is 775. The number of rotatable bonds is 3. The fraction of sp³-hybridized carbons (Fsp3) is 0.300. The smallest absolute Gasteiger partial charge is 0.0944 e. The molecule has 1 aromatic heterocycles. The number of aryl methyl sites for hydroxylation is 1. The van der Waals surface area contributed by atoms with Gasteiger partial charge in [0.1, 0.15) is 0 Å². The number of hydrogen-bond donors (Lipinski definition) is 0. The summed E-state index contributed by atoms with van der Waals surface area (Å²) >= 11 is 0. The number of benzene rings is 2. The van der Waals surface area contributed by atoms with Gasteiger partial charge >= 0.3 is 0 Å². The van der Waals surface area contributed by atoms with Crippen LogP contribution in [-0.2, 0) is 11.8 Å². The van der Waals surface area contributed by atoms with Crippen molar-refractivity contribution < 1.29 is 0 Å². The standard InChI is InChI=1S/C20H23N3/c1-5-15-6-8-16(9-7-15)19-14-21-22-23(19)18-12-10-17(11-13-18)20(2,3)4/h6-14H,5H2,1-4H3. The molecule has 0 saturated heterocycles. The molecule has 0 aliphatic carbocycles. The highest BCUT2D eigenvalue weighted by molar-refractivity contribution is 5.61. The molecule has 0 spiro atoms. The summed E-state index contributed by atoms with van der Waals surface area (Å²) in [5.74, 6) is 0. The first kappa shape index (κ1) is 15.5. The lowest BCUT2D eigenvalue weighted by molar-refractivity contribution is 0.590. The van der Waals surface area contributed by atoms with E-state index in [1.807, 2.05) is 10.9 Å². The van der Waals surface area contributed by atoms with Gasteiger partial charge in [-0.05, 0) is 35.1 Å². The van der Waals surface area contributed by atoms with E-state index >= 15 is 0 Å². The highest BCUT2D eigenvalue weighted by atomic mass is 15.4. The van der Waals surface area contributed by atoms with Gasteiger partial charge in [0.05, 0.1) is 17.6 Å². The van der Waals surface area contributed by atoms with Crippen LogP contribution in [0.1, 0.15) is 38.8 Å². The minimum Gasteiger partial charge on any atom is -0.213 e. The molecule has 0 bridgehead atoms. The predicted molar refractivity (Wildman–Crippen MR) is 94.9 cm³/mol. The summed E-state index contributed by atoms with van der Waals surface area (Å²) in [5, 5.41) is 8.37. The summed E-state index contributed by atoms with van der Waals surface area (Å²) in [6.45, 7) is 8.83. The topological polar surface area (TPSA) is 30.7 Å². The second-order valence-electron chi connectivity index (χ2n) is 6.88. The van der Waals surface area contributed by atoms with Crippen LogP contribution < -0.4 is 0 Å². The molecule has 0 amide bonds. The van der Waals surface area contributed by atoms with Crippen LogP contribution in [0.2, 0.25) is 0 Å². The Hall–Kier alpha value is -2.42. The molecule has 3 heteroatoms. The molecule has 1 heterocycles. The van der Waals surface area contributed by atoms with E-state index in [1.54, 1.807) is 0 Å². The second-order valence-corrected chi connectivity index (χ2v) is 6.88. The van der Waals surface area contributed by atoms with Crippen molar-refractivity contribution in [2.24, 2.45) is 0 Å². The van der Waals surface area contributed by atoms with Crippen molar-refractivity contribution in [3.63, 3.8) is 0 Å². The van der Waals surface area contributed by atoms with E-state index in [2.05, 4.69) is 86.5 Å². The molecule has 0 aliphatic rings. The summed E-state index contributed by atoms with van der Waals surface area (Å²) < 4.78 is 1.90. The first-order valence-electron chi connectivity index (χ1n) is 8.10. The van der Waals surface area contributed by atoms with Crippen LogP contribution in [0.4, 0.5) is 0 Å². The van der Waals surface area contributed by atoms with Crippen molar-refractivity contribution in [2.45, 2.75) is 39.5 Å². The number of nitrogens with zero attached hydrogens (tertiary/aromatic N) is 3. The zero-order chi connectivity index (χ0) is 16.4. The van der Waals surface area contributed by atoms with Gasteiger partial charge in [-0.15, -0.1) is 5.10 Å². The van der Waals surface area contributed by atoms with Gasteiger partial charge in [0, 0.05) is 5.56 Å². The van der Waals surface area contributed by atoms with Crippen LogP contribution in [0.3, 0.4) is 0 Å². The molecule has 0 fully saturated rings. The molecular weight excluding hydrogens is 282 g/mol. The molecule has 118 valence electrons. The normalized spacial score (nSPS) is 11.7. The lowest BCUT2D eigenvalue weighted by Crippen LogP contribution is -2.11. The maximum Gasteiger partial charge on any atom is 0.0944 e. The average molecular weight is 305 g/mol. The highest BCUT2D eigenvalue weighted by Gasteiger charge is 2.14. The summed E-state index contributed by atoms with van der Waals surface area (Å²) in [6, 6.07) is 17.2. The van der Waals surface area contributed by atoms with Crippen LogP contribution in [-0.4, -0.2) is 15.0 Å². The molecule has 0 unspecified atom stereocenters. The van der Waals surface area contributed by atoms with E-state index < -0.39 is 0 Å². The summed E-state index contributed by atoms with van der Waals surface area (Å²) in [7, 11) is 0. The SMILES string of the molecule is CCc1ccc(-c2cnnn2-c2ccc(C(C)(C)C)cc2)cc1. The fourth-order valence-corrected chi connectivity index (χ4v) is 2.64. The van der Waals surface area contributed by atoms with E-state index in [4.69, 9.17) is 0 Å². The third-order valence-corrected chi connectivity index (χ3v) is 4.19. The minimum atomic E-state index is 0.152. The van der Waals surface area contributed by atoms with Crippen LogP contribution in [0.25, 0.3) is 16.9 Å². The molecule has 0 N–H and O–H groups in total. The van der Waals surface area contributed by atoms with Crippen molar-refractivity contribution >= 4 is 0 Å². The fourth-order valence-electron chi connectivity index (χ4n) is 2.64. The van der Waals surface area contributed by atoms with Crippen molar-refractivity contribution in [1.29, 1.82) is 0 Å². The lowest BCUT2D eigenvalue weighted by atomic mass is 9.87. The monoisotopic (exact) mass is 305 g/mol. The van der Waals surface area contributed by atoms with E-state index in [-0.39, 0.29) is 5.41 Å². The first-order chi connectivity index (χ1) is 11.0. The lowest BCUT2D eigenvalue weighted by Gasteiger charge is -2.19. The Balaban J connectivity index is 1.97. The van der Waals surface area contributed by atoms with Crippen molar-refractivity contribution in [3.05, 3.63) is 65.9 Å². The van der Waals surface area contributed by atoms with Gasteiger partial charge in [0.15, 0.2) is 0 Å². The van der Waals surface area contributed by atoms with Crippen LogP contribution in [0.15, 0.2) is 54.7 Å². The van der Waals surface area contributed by atoms with Crippen LogP contribution >= 0.6 is 0 Å². The third kappa shape index (κ3) is 3.19. The largest absolute Gasteiger partial charge is 0.213 e. The molecular formula is C20H23N3. The van der Waals surface area contributed by atoms with Gasteiger partial charge in [-0.3, -0.25) is 0 Å². The van der Waals surface area contributed by atoms with E-state index in [1.165, 1.54) is 11.1 Å². The predicted octanol–water partition coefficient (Wildman–Crippen LogP) is 4.79. The van der Waals surface area contributed by atoms with Gasteiger partial charge in [0.25, 0.3) is 0 Å². The zero-order valence-electron chi connectivity index (χ0n) is 14.2. The number of hydrogen-bond acceptors (Lipinski definition) is 2. The van der Waals surface area contributed by atoms with Gasteiger partial charge < -0.3 is 0 Å². The van der Waals surface area contributed by atoms with E-state index in [0.717, 1.165) is 23.4 Å². The first-order valence-corrected chi connectivity index (χ1v) is 8.10. The number of aromatic nitrogens is 3. The average Bonchev–Trinajstić information content (AvgIpc) is 3.04. The molecule has 23 heavy (non-hydrogen) atoms. The summed E-state index contributed by atoms with van der Waals surface area (Å²) in [4.78, 5) is 0. The van der Waals surface area contributed by atoms with E-state index in [9.17, 15) is 0 Å². The second kappa shape index (κ2) is 5.99. The summed E-state index contributed by atoms with van der Waals surface area (Å²) in [5.41, 5.74) is 5.98. The Morgan fingerprint density at radius 2 is 1.57 bits per heavy atom. The quantitative estimate of drug-likeness (QED) is 0.696. The van der Waals surface area contributed by atoms with E-state index in [0.29, 0.717) is 0 Å². The molecule has 3 aromatic rings. The Kier molecular flexibility index (Phi) is 4.03. The molecule has 0 radical (unpaired) electrons. The van der Waals surface area contributed by atoms with Crippen molar-refractivity contribution in [3.8, 4) is 16.9 Å². The molecule has 0 aliphatic heterocycles. The Labute approximate surface area is 138 Å².